The fourth-order valence-corrected chi connectivity index (χ4v) is 6.99. The number of carbonyl (C=O) groups excluding carboxylic acids is 1. The number of carbonyl (C=O) groups is 1. The predicted molar refractivity (Wildman–Crippen MR) is 86.0 cm³/mol. The molecule has 1 spiro atoms. The Bertz CT molecular complexity index is 639. The van der Waals surface area contributed by atoms with Crippen molar-refractivity contribution in [2.24, 2.45) is 16.7 Å². The number of Topliss-reactive ketones (excluding diaryl/α,β-unsaturated/α-hetero) is 1. The van der Waals surface area contributed by atoms with Crippen LogP contribution in [-0.4, -0.2) is 27.3 Å². The Morgan fingerprint density at radius 3 is 2.68 bits per heavy atom. The molecule has 1 aromatic carbocycles. The van der Waals surface area contributed by atoms with Crippen molar-refractivity contribution in [1.82, 2.24) is 0 Å². The van der Waals surface area contributed by atoms with Crippen LogP contribution in [0.4, 0.5) is 0 Å². The summed E-state index contributed by atoms with van der Waals surface area (Å²) in [5.74, 6) is 1.12. The van der Waals surface area contributed by atoms with Gasteiger partial charge in [0.15, 0.2) is 5.44 Å². The lowest BCUT2D eigenvalue weighted by molar-refractivity contribution is -0.0597. The molecule has 3 fully saturated rings. The summed E-state index contributed by atoms with van der Waals surface area (Å²) in [5, 5.41) is 0. The maximum absolute atomic E-state index is 12.8. The topological polar surface area (TPSA) is 43.4 Å². The molecular formula is C18H22O3S. The summed E-state index contributed by atoms with van der Waals surface area (Å²) in [5.41, 5.74) is -0.00299. The number of ether oxygens (including phenoxy) is 1. The van der Waals surface area contributed by atoms with Crippen molar-refractivity contribution >= 4 is 16.6 Å². The first-order valence-corrected chi connectivity index (χ1v) is 9.46. The molecule has 2 bridgehead atoms. The Balaban J connectivity index is 1.63. The van der Waals surface area contributed by atoms with Gasteiger partial charge in [0, 0.05) is 16.7 Å². The van der Waals surface area contributed by atoms with Crippen molar-refractivity contribution in [1.29, 1.82) is 0 Å². The number of fused-ring (bicyclic) bond motifs is 1. The highest BCUT2D eigenvalue weighted by molar-refractivity contribution is 7.86. The molecule has 1 saturated heterocycles. The molecule has 3 aliphatic rings. The zero-order chi connectivity index (χ0) is 15.5. The third-order valence-corrected chi connectivity index (χ3v) is 8.16. The van der Waals surface area contributed by atoms with Crippen LogP contribution in [0.3, 0.4) is 0 Å². The molecule has 118 valence electrons. The van der Waals surface area contributed by atoms with Gasteiger partial charge >= 0.3 is 0 Å². The number of hydrogen-bond donors (Lipinski definition) is 0. The summed E-state index contributed by atoms with van der Waals surface area (Å²) < 4.78 is 18.9. The van der Waals surface area contributed by atoms with Crippen LogP contribution in [0.15, 0.2) is 30.3 Å². The molecule has 0 radical (unpaired) electrons. The normalized spacial score (nSPS) is 42.1. The molecule has 2 saturated carbocycles. The van der Waals surface area contributed by atoms with Crippen molar-refractivity contribution in [3.63, 3.8) is 0 Å². The maximum Gasteiger partial charge on any atom is 0.204 e. The SMILES string of the molecule is CC1(C)[C@@H]2CC[C@]13CS(=O)[C@H](C(=O)c1ccccc1)O[C@@H]3C2. The van der Waals surface area contributed by atoms with Crippen molar-refractivity contribution in [2.75, 3.05) is 5.75 Å². The predicted octanol–water partition coefficient (Wildman–Crippen LogP) is 3.17. The number of hydrogen-bond acceptors (Lipinski definition) is 3. The van der Waals surface area contributed by atoms with E-state index in [1.54, 1.807) is 12.1 Å². The zero-order valence-electron chi connectivity index (χ0n) is 13.1. The average Bonchev–Trinajstić information content (AvgIpc) is 2.88. The van der Waals surface area contributed by atoms with Gasteiger partial charge in [-0.2, -0.15) is 0 Å². The molecule has 0 N–H and O–H groups in total. The first-order valence-electron chi connectivity index (χ1n) is 8.08. The molecule has 0 aromatic heterocycles. The fraction of sp³-hybridized carbons (Fsp3) is 0.611. The fourth-order valence-electron chi connectivity index (χ4n) is 4.99. The van der Waals surface area contributed by atoms with Crippen molar-refractivity contribution in [2.45, 2.75) is 44.6 Å². The van der Waals surface area contributed by atoms with Crippen molar-refractivity contribution in [3.05, 3.63) is 35.9 Å². The largest absolute Gasteiger partial charge is 0.353 e. The van der Waals surface area contributed by atoms with Crippen LogP contribution in [0, 0.1) is 16.7 Å². The van der Waals surface area contributed by atoms with Gasteiger partial charge < -0.3 is 4.74 Å². The van der Waals surface area contributed by atoms with Crippen LogP contribution in [0.25, 0.3) is 0 Å². The summed E-state index contributed by atoms with van der Waals surface area (Å²) in [7, 11) is -1.25. The summed E-state index contributed by atoms with van der Waals surface area (Å²) in [6.45, 7) is 4.59. The number of ketones is 1. The maximum atomic E-state index is 12.8. The van der Waals surface area contributed by atoms with E-state index in [1.165, 1.54) is 6.42 Å². The van der Waals surface area contributed by atoms with E-state index < -0.39 is 16.2 Å². The second-order valence-corrected chi connectivity index (χ2v) is 9.04. The third kappa shape index (κ3) is 1.77. The molecule has 3 nitrogen and oxygen atoms in total. The molecule has 1 aromatic rings. The van der Waals surface area contributed by atoms with Crippen LogP contribution in [0.2, 0.25) is 0 Å². The highest BCUT2D eigenvalue weighted by Gasteiger charge is 2.67. The molecular weight excluding hydrogens is 296 g/mol. The van der Waals surface area contributed by atoms with Gasteiger partial charge in [0.05, 0.1) is 16.9 Å². The van der Waals surface area contributed by atoms with Gasteiger partial charge in [-0.05, 0) is 30.6 Å². The molecule has 0 amide bonds. The minimum atomic E-state index is -1.25. The molecule has 1 aliphatic heterocycles. The van der Waals surface area contributed by atoms with E-state index in [4.69, 9.17) is 4.74 Å². The molecule has 5 atom stereocenters. The monoisotopic (exact) mass is 318 g/mol. The minimum Gasteiger partial charge on any atom is -0.353 e. The quantitative estimate of drug-likeness (QED) is 0.787. The van der Waals surface area contributed by atoms with Crippen LogP contribution >= 0.6 is 0 Å². The summed E-state index contributed by atoms with van der Waals surface area (Å²) in [4.78, 5) is 12.6. The van der Waals surface area contributed by atoms with E-state index in [0.717, 1.165) is 12.8 Å². The van der Waals surface area contributed by atoms with Gasteiger partial charge in [0.1, 0.15) is 0 Å². The Kier molecular flexibility index (Phi) is 3.15. The number of benzene rings is 1. The number of rotatable bonds is 2. The molecule has 4 heteroatoms. The summed E-state index contributed by atoms with van der Waals surface area (Å²) in [6, 6.07) is 9.10. The highest BCUT2D eigenvalue weighted by Crippen LogP contribution is 2.68. The highest BCUT2D eigenvalue weighted by atomic mass is 32.2. The molecule has 22 heavy (non-hydrogen) atoms. The lowest BCUT2D eigenvalue weighted by Gasteiger charge is -2.46. The second-order valence-electron chi connectivity index (χ2n) is 7.56. The Hall–Kier alpha value is -1.00. The minimum absolute atomic E-state index is 0.00992. The lowest BCUT2D eigenvalue weighted by atomic mass is 9.69. The molecule has 1 heterocycles. The second kappa shape index (κ2) is 4.75. The van der Waals surface area contributed by atoms with E-state index in [9.17, 15) is 9.00 Å². The first-order chi connectivity index (χ1) is 10.5. The van der Waals surface area contributed by atoms with Gasteiger partial charge in [-0.1, -0.05) is 44.2 Å². The Labute approximate surface area is 133 Å². The van der Waals surface area contributed by atoms with Crippen LogP contribution in [0.5, 0.6) is 0 Å². The van der Waals surface area contributed by atoms with Crippen molar-refractivity contribution < 1.29 is 13.7 Å². The first kappa shape index (κ1) is 14.6. The van der Waals surface area contributed by atoms with E-state index in [2.05, 4.69) is 13.8 Å². The molecule has 2 aliphatic carbocycles. The Morgan fingerprint density at radius 1 is 1.27 bits per heavy atom. The standard InChI is InChI=1S/C18H22O3S/c1-17(2)13-8-9-18(17)11-22(20)16(21-14(18)10-13)15(19)12-6-4-3-5-7-12/h3-7,13-14,16H,8-11H2,1-2H3/t13-,14-,16-,18-,22?/m1/s1. The smallest absolute Gasteiger partial charge is 0.204 e. The van der Waals surface area contributed by atoms with E-state index in [-0.39, 0.29) is 22.7 Å². The van der Waals surface area contributed by atoms with Crippen LogP contribution < -0.4 is 0 Å². The summed E-state index contributed by atoms with van der Waals surface area (Å²) >= 11 is 0. The van der Waals surface area contributed by atoms with E-state index >= 15 is 0 Å². The van der Waals surface area contributed by atoms with Gasteiger partial charge in [0.25, 0.3) is 0 Å². The van der Waals surface area contributed by atoms with E-state index in [0.29, 0.717) is 17.2 Å². The molecule has 1 unspecified atom stereocenters. The third-order valence-electron chi connectivity index (χ3n) is 6.56. The van der Waals surface area contributed by atoms with Gasteiger partial charge in [-0.3, -0.25) is 9.00 Å². The van der Waals surface area contributed by atoms with Gasteiger partial charge in [0.2, 0.25) is 5.78 Å². The van der Waals surface area contributed by atoms with Gasteiger partial charge in [-0.15, -0.1) is 0 Å². The van der Waals surface area contributed by atoms with Crippen LogP contribution in [-0.2, 0) is 15.5 Å². The van der Waals surface area contributed by atoms with Gasteiger partial charge in [-0.25, -0.2) is 0 Å². The van der Waals surface area contributed by atoms with Crippen LogP contribution in [0.1, 0.15) is 43.5 Å². The average molecular weight is 318 g/mol. The zero-order valence-corrected chi connectivity index (χ0v) is 13.9. The molecule has 4 rings (SSSR count). The van der Waals surface area contributed by atoms with Crippen molar-refractivity contribution in [3.8, 4) is 0 Å². The van der Waals surface area contributed by atoms with E-state index in [1.807, 2.05) is 18.2 Å². The lowest BCUT2D eigenvalue weighted by Crippen LogP contribution is -2.53. The Morgan fingerprint density at radius 2 is 2.00 bits per heavy atom. The summed E-state index contributed by atoms with van der Waals surface area (Å²) in [6.07, 6.45) is 3.41.